The van der Waals surface area contributed by atoms with Gasteiger partial charge in [-0.25, -0.2) is 9.78 Å². The van der Waals surface area contributed by atoms with Crippen LogP contribution in [0.15, 0.2) is 60.7 Å². The number of unbranched alkanes of at least 4 members (excludes halogenated alkanes) is 1. The number of benzene rings is 3. The second kappa shape index (κ2) is 11.9. The molecule has 0 saturated carbocycles. The van der Waals surface area contributed by atoms with Crippen LogP contribution in [0.5, 0.6) is 0 Å². The van der Waals surface area contributed by atoms with Gasteiger partial charge in [0.25, 0.3) is 5.91 Å². The number of aromatic nitrogens is 2. The molecule has 0 aliphatic heterocycles. The number of carbonyl (C=O) groups excluding carboxylic acids is 2. The van der Waals surface area contributed by atoms with Crippen LogP contribution in [0.3, 0.4) is 0 Å². The smallest absolute Gasteiger partial charge is 0.337 e. The molecule has 0 spiro atoms. The van der Waals surface area contributed by atoms with E-state index in [1.165, 1.54) is 13.2 Å². The summed E-state index contributed by atoms with van der Waals surface area (Å²) in [5.41, 5.74) is 2.08. The Hall–Kier alpha value is -4.17. The number of halogens is 1. The van der Waals surface area contributed by atoms with Crippen LogP contribution in [0, 0.1) is 0 Å². The lowest BCUT2D eigenvalue weighted by Crippen LogP contribution is -2.17. The summed E-state index contributed by atoms with van der Waals surface area (Å²) in [5, 5.41) is 14.1. The molecule has 0 saturated heterocycles. The number of aromatic carboxylic acids is 1. The number of carboxylic acid groups (broad SMARTS) is 1. The summed E-state index contributed by atoms with van der Waals surface area (Å²) in [7, 11) is 1.33. The van der Waals surface area contributed by atoms with Crippen LogP contribution in [0.1, 0.15) is 57.6 Å². The van der Waals surface area contributed by atoms with Gasteiger partial charge in [-0.1, -0.05) is 67.4 Å². The molecule has 8 nitrogen and oxygen atoms in total. The predicted octanol–water partition coefficient (Wildman–Crippen LogP) is 5.75. The summed E-state index contributed by atoms with van der Waals surface area (Å²) in [6, 6.07) is 17.5. The number of hydrogen-bond acceptors (Lipinski definition) is 5. The number of hydrogen-bond donors (Lipinski definition) is 2. The number of esters is 1. The highest BCUT2D eigenvalue weighted by Crippen LogP contribution is 2.25. The number of rotatable bonds is 10. The number of nitrogens with zero attached hydrogens (tertiary/aromatic N) is 2. The lowest BCUT2D eigenvalue weighted by molar-refractivity contribution is -0.139. The van der Waals surface area contributed by atoms with E-state index in [2.05, 4.69) is 17.2 Å². The van der Waals surface area contributed by atoms with E-state index < -0.39 is 17.8 Å². The topological polar surface area (TPSA) is 111 Å². The number of fused-ring (bicyclic) bond motifs is 1. The minimum Gasteiger partial charge on any atom is -0.478 e. The fourth-order valence-corrected chi connectivity index (χ4v) is 4.63. The van der Waals surface area contributed by atoms with Gasteiger partial charge in [-0.15, -0.1) is 0 Å². The largest absolute Gasteiger partial charge is 0.478 e. The van der Waals surface area contributed by atoms with Gasteiger partial charge in [0, 0.05) is 18.7 Å². The van der Waals surface area contributed by atoms with Crippen molar-refractivity contribution in [2.45, 2.75) is 39.2 Å². The van der Waals surface area contributed by atoms with Crippen molar-refractivity contribution in [1.29, 1.82) is 0 Å². The summed E-state index contributed by atoms with van der Waals surface area (Å²) in [5.74, 6) is -1.28. The average Bonchev–Trinajstić information content (AvgIpc) is 3.20. The second-order valence-corrected chi connectivity index (χ2v) is 9.23. The average molecular weight is 534 g/mol. The van der Waals surface area contributed by atoms with E-state index in [-0.39, 0.29) is 22.7 Å². The van der Waals surface area contributed by atoms with Crippen LogP contribution in [-0.2, 0) is 28.9 Å². The molecule has 38 heavy (non-hydrogen) atoms. The van der Waals surface area contributed by atoms with Gasteiger partial charge >= 0.3 is 11.9 Å². The van der Waals surface area contributed by atoms with E-state index in [0.717, 1.165) is 36.0 Å². The van der Waals surface area contributed by atoms with Gasteiger partial charge in [0.15, 0.2) is 5.15 Å². The van der Waals surface area contributed by atoms with E-state index in [1.54, 1.807) is 36.4 Å². The molecule has 3 aromatic carbocycles. The monoisotopic (exact) mass is 533 g/mol. The van der Waals surface area contributed by atoms with Crippen molar-refractivity contribution in [1.82, 2.24) is 9.55 Å². The van der Waals surface area contributed by atoms with Crippen LogP contribution in [0.2, 0.25) is 5.15 Å². The third-order valence-electron chi connectivity index (χ3n) is 6.34. The van der Waals surface area contributed by atoms with Gasteiger partial charge in [-0.3, -0.25) is 9.59 Å². The third kappa shape index (κ3) is 5.86. The van der Waals surface area contributed by atoms with E-state index in [9.17, 15) is 19.5 Å². The molecular weight excluding hydrogens is 506 g/mol. The maximum atomic E-state index is 13.0. The van der Waals surface area contributed by atoms with E-state index in [0.29, 0.717) is 23.3 Å². The fourth-order valence-electron chi connectivity index (χ4n) is 4.36. The number of methoxy groups -OCH3 is 1. The number of carboxylic acids is 1. The molecule has 0 aliphatic rings. The molecule has 2 N–H and O–H groups in total. The zero-order valence-corrected chi connectivity index (χ0v) is 21.9. The molecule has 1 heterocycles. The summed E-state index contributed by atoms with van der Waals surface area (Å²) in [6.07, 6.45) is 2.67. The number of ether oxygens (including phenoxy) is 1. The first-order chi connectivity index (χ1) is 18.3. The molecule has 0 radical (unpaired) electrons. The maximum Gasteiger partial charge on any atom is 0.337 e. The van der Waals surface area contributed by atoms with Crippen molar-refractivity contribution in [3.63, 3.8) is 0 Å². The highest BCUT2D eigenvalue weighted by atomic mass is 35.5. The minimum absolute atomic E-state index is 0.0142. The van der Waals surface area contributed by atoms with Crippen molar-refractivity contribution in [3.8, 4) is 0 Å². The van der Waals surface area contributed by atoms with Gasteiger partial charge < -0.3 is 19.7 Å². The molecule has 4 rings (SSSR count). The first-order valence-electron chi connectivity index (χ1n) is 12.3. The Morgan fingerprint density at radius 1 is 1.05 bits per heavy atom. The van der Waals surface area contributed by atoms with Crippen LogP contribution < -0.4 is 5.32 Å². The SMILES string of the molecule is CCCCc1nc(Cl)c(CC(=O)OC)n1Cc1ccc(NC(=O)c2ccc3ccccc3c2C(=O)O)cc1. The Morgan fingerprint density at radius 3 is 2.47 bits per heavy atom. The number of amides is 1. The molecule has 4 aromatic rings. The molecule has 196 valence electrons. The van der Waals surface area contributed by atoms with Crippen molar-refractivity contribution in [2.24, 2.45) is 0 Å². The summed E-state index contributed by atoms with van der Waals surface area (Å²) < 4.78 is 6.77. The lowest BCUT2D eigenvalue weighted by Gasteiger charge is -2.13. The molecule has 0 bridgehead atoms. The predicted molar refractivity (Wildman–Crippen MR) is 146 cm³/mol. The minimum atomic E-state index is -1.16. The Balaban J connectivity index is 1.56. The standard InChI is InChI=1S/C29H28ClN3O5/c1-3-4-9-24-32-27(30)23(16-25(34)38-2)33(24)17-18-10-13-20(14-11-18)31-28(35)22-15-12-19-7-5-6-8-21(19)26(22)29(36)37/h5-8,10-15H,3-4,9,16-17H2,1-2H3,(H,31,35)(H,36,37). The zero-order chi connectivity index (χ0) is 27.2. The summed E-state index contributed by atoms with van der Waals surface area (Å²) >= 11 is 6.38. The fraction of sp³-hybridized carbons (Fsp3) is 0.241. The molecule has 9 heteroatoms. The Morgan fingerprint density at radius 2 is 1.79 bits per heavy atom. The summed E-state index contributed by atoms with van der Waals surface area (Å²) in [6.45, 7) is 2.53. The molecule has 1 aromatic heterocycles. The quantitative estimate of drug-likeness (QED) is 0.251. The van der Waals surface area contributed by atoms with Crippen molar-refractivity contribution in [3.05, 3.63) is 94.0 Å². The maximum absolute atomic E-state index is 13.0. The molecule has 0 fully saturated rings. The van der Waals surface area contributed by atoms with Crippen LogP contribution in [0.4, 0.5) is 5.69 Å². The Kier molecular flexibility index (Phi) is 8.43. The number of imidazole rings is 1. The van der Waals surface area contributed by atoms with Gasteiger partial charge in [0.2, 0.25) is 0 Å². The lowest BCUT2D eigenvalue weighted by atomic mass is 9.98. The molecular formula is C29H28ClN3O5. The normalized spacial score (nSPS) is 10.9. The second-order valence-electron chi connectivity index (χ2n) is 8.87. The van der Waals surface area contributed by atoms with Crippen molar-refractivity contribution < 1.29 is 24.2 Å². The van der Waals surface area contributed by atoms with Crippen LogP contribution in [0.25, 0.3) is 10.8 Å². The highest BCUT2D eigenvalue weighted by Gasteiger charge is 2.21. The highest BCUT2D eigenvalue weighted by molar-refractivity contribution is 6.30. The number of aryl methyl sites for hydroxylation is 1. The first kappa shape index (κ1) is 26.9. The number of carbonyl (C=O) groups is 3. The Bertz CT molecular complexity index is 1490. The first-order valence-corrected chi connectivity index (χ1v) is 12.7. The number of anilines is 1. The Labute approximate surface area is 225 Å². The van der Waals surface area contributed by atoms with E-state index in [4.69, 9.17) is 16.3 Å². The van der Waals surface area contributed by atoms with Crippen molar-refractivity contribution in [2.75, 3.05) is 12.4 Å². The van der Waals surface area contributed by atoms with Gasteiger partial charge in [-0.2, -0.15) is 0 Å². The zero-order valence-electron chi connectivity index (χ0n) is 21.2. The summed E-state index contributed by atoms with van der Waals surface area (Å²) in [4.78, 5) is 41.5. The van der Waals surface area contributed by atoms with E-state index in [1.807, 2.05) is 22.8 Å². The third-order valence-corrected chi connectivity index (χ3v) is 6.64. The molecule has 0 unspecified atom stereocenters. The molecule has 1 amide bonds. The molecule has 0 atom stereocenters. The van der Waals surface area contributed by atoms with Crippen molar-refractivity contribution >= 4 is 45.9 Å². The van der Waals surface area contributed by atoms with Crippen LogP contribution in [-0.4, -0.2) is 39.6 Å². The van der Waals surface area contributed by atoms with Gasteiger partial charge in [0.05, 0.1) is 30.4 Å². The molecule has 0 aliphatic carbocycles. The van der Waals surface area contributed by atoms with E-state index >= 15 is 0 Å². The number of nitrogens with one attached hydrogen (secondary N) is 1. The van der Waals surface area contributed by atoms with Crippen LogP contribution >= 0.6 is 11.6 Å². The van der Waals surface area contributed by atoms with Gasteiger partial charge in [-0.05, 0) is 41.0 Å². The van der Waals surface area contributed by atoms with Gasteiger partial charge in [0.1, 0.15) is 5.82 Å².